The smallest absolute Gasteiger partial charge is 0.350 e. The van der Waals surface area contributed by atoms with E-state index in [4.69, 9.17) is 9.47 Å². The van der Waals surface area contributed by atoms with Gasteiger partial charge in [0.05, 0.1) is 38.5 Å². The zero-order valence-corrected chi connectivity index (χ0v) is 16.1. The molecular formula is C19H26N5O3+. The lowest BCUT2D eigenvalue weighted by molar-refractivity contribution is -0.908. The van der Waals surface area contributed by atoms with Gasteiger partial charge in [0, 0.05) is 11.9 Å². The van der Waals surface area contributed by atoms with Gasteiger partial charge in [-0.25, -0.2) is 4.79 Å². The molecule has 0 atom stereocenters. The highest BCUT2D eigenvalue weighted by atomic mass is 16.5. The molecule has 2 heterocycles. The van der Waals surface area contributed by atoms with Crippen LogP contribution in [-0.2, 0) is 20.8 Å². The normalized spacial score (nSPS) is 15.1. The quantitative estimate of drug-likeness (QED) is 0.405. The first-order valence-corrected chi connectivity index (χ1v) is 9.08. The van der Waals surface area contributed by atoms with Crippen molar-refractivity contribution in [3.8, 4) is 12.1 Å². The minimum atomic E-state index is -0.685. The van der Waals surface area contributed by atoms with Crippen molar-refractivity contribution >= 4 is 11.8 Å². The fourth-order valence-corrected chi connectivity index (χ4v) is 3.10. The molecule has 8 nitrogen and oxygen atoms in total. The maximum atomic E-state index is 11.8. The summed E-state index contributed by atoms with van der Waals surface area (Å²) in [5.74, 6) is -0.0903. The fraction of sp³-hybridized carbons (Fsp3) is 0.526. The Morgan fingerprint density at radius 2 is 2.07 bits per heavy atom. The molecule has 1 aromatic heterocycles. The number of morpholine rings is 1. The van der Waals surface area contributed by atoms with Crippen LogP contribution in [-0.4, -0.2) is 50.0 Å². The van der Waals surface area contributed by atoms with Crippen molar-refractivity contribution in [2.45, 2.75) is 27.3 Å². The van der Waals surface area contributed by atoms with Crippen LogP contribution in [0.5, 0.6) is 0 Å². The summed E-state index contributed by atoms with van der Waals surface area (Å²) in [6, 6.07) is 4.05. The molecule has 0 unspecified atom stereocenters. The number of carbonyl (C=O) groups excluding carboxylic acids is 1. The summed E-state index contributed by atoms with van der Waals surface area (Å²) in [5.41, 5.74) is 2.26. The van der Waals surface area contributed by atoms with E-state index in [1.54, 1.807) is 6.92 Å². The summed E-state index contributed by atoms with van der Waals surface area (Å²) in [7, 11) is 0. The summed E-state index contributed by atoms with van der Waals surface area (Å²) in [4.78, 5) is 13.3. The van der Waals surface area contributed by atoms with E-state index in [1.807, 2.05) is 24.5 Å². The zero-order chi connectivity index (χ0) is 19.8. The number of nitriles is 2. The SMILES string of the molecule is CCOC(=O)/C(C#N)=C/Nc1c(C#N)c(C)c(C)n1CC[NH+]1CCOCC1. The first kappa shape index (κ1) is 20.5. The van der Waals surface area contributed by atoms with Gasteiger partial charge in [-0.3, -0.25) is 0 Å². The number of carbonyl (C=O) groups is 1. The van der Waals surface area contributed by atoms with Crippen molar-refractivity contribution in [1.29, 1.82) is 10.5 Å². The zero-order valence-electron chi connectivity index (χ0n) is 16.1. The summed E-state index contributed by atoms with van der Waals surface area (Å²) < 4.78 is 12.3. The third-order valence-corrected chi connectivity index (χ3v) is 4.80. The molecule has 8 heteroatoms. The molecule has 2 N–H and O–H groups in total. The number of esters is 1. The van der Waals surface area contributed by atoms with E-state index in [0.717, 1.165) is 50.7 Å². The van der Waals surface area contributed by atoms with E-state index in [9.17, 15) is 15.3 Å². The number of anilines is 1. The molecule has 1 aliphatic heterocycles. The van der Waals surface area contributed by atoms with Crippen LogP contribution in [0.2, 0.25) is 0 Å². The molecule has 0 aromatic carbocycles. The van der Waals surface area contributed by atoms with Crippen molar-refractivity contribution in [2.75, 3.05) is 44.8 Å². The van der Waals surface area contributed by atoms with Gasteiger partial charge in [0.25, 0.3) is 0 Å². The van der Waals surface area contributed by atoms with Crippen LogP contribution >= 0.6 is 0 Å². The van der Waals surface area contributed by atoms with Crippen molar-refractivity contribution in [3.05, 3.63) is 28.6 Å². The largest absolute Gasteiger partial charge is 0.462 e. The van der Waals surface area contributed by atoms with Gasteiger partial charge in [0.1, 0.15) is 31.0 Å². The highest BCUT2D eigenvalue weighted by molar-refractivity contribution is 5.93. The van der Waals surface area contributed by atoms with Gasteiger partial charge >= 0.3 is 5.97 Å². The summed E-state index contributed by atoms with van der Waals surface area (Å²) in [5, 5.41) is 21.7. The van der Waals surface area contributed by atoms with E-state index in [-0.39, 0.29) is 12.2 Å². The van der Waals surface area contributed by atoms with E-state index in [1.165, 1.54) is 11.1 Å². The second-order valence-corrected chi connectivity index (χ2v) is 6.34. The Morgan fingerprint density at radius 3 is 2.67 bits per heavy atom. The highest BCUT2D eigenvalue weighted by Gasteiger charge is 2.20. The third kappa shape index (κ3) is 4.88. The number of quaternary nitrogens is 1. The molecule has 0 aliphatic carbocycles. The number of hydrogen-bond acceptors (Lipinski definition) is 6. The summed E-state index contributed by atoms with van der Waals surface area (Å²) in [6.07, 6.45) is 1.31. The molecule has 1 aromatic rings. The first-order chi connectivity index (χ1) is 13.0. The van der Waals surface area contributed by atoms with Crippen molar-refractivity contribution in [3.63, 3.8) is 0 Å². The number of ether oxygens (including phenoxy) is 2. The van der Waals surface area contributed by atoms with Crippen LogP contribution < -0.4 is 10.2 Å². The minimum Gasteiger partial charge on any atom is -0.462 e. The molecule has 0 radical (unpaired) electrons. The minimum absolute atomic E-state index is 0.136. The lowest BCUT2D eigenvalue weighted by atomic mass is 10.2. The molecule has 1 fully saturated rings. The van der Waals surface area contributed by atoms with Gasteiger partial charge in [0.15, 0.2) is 5.57 Å². The average molecular weight is 372 g/mol. The second-order valence-electron chi connectivity index (χ2n) is 6.34. The number of nitrogens with one attached hydrogen (secondary N) is 2. The van der Waals surface area contributed by atoms with Crippen LogP contribution in [0.25, 0.3) is 0 Å². The Kier molecular flexibility index (Phi) is 7.42. The molecule has 1 aliphatic rings. The molecule has 144 valence electrons. The predicted octanol–water partition coefficient (Wildman–Crippen LogP) is 0.274. The third-order valence-electron chi connectivity index (χ3n) is 4.80. The van der Waals surface area contributed by atoms with E-state index in [2.05, 4.69) is 11.4 Å². The number of aromatic nitrogens is 1. The molecular weight excluding hydrogens is 346 g/mol. The Balaban J connectivity index is 2.25. The number of hydrogen-bond donors (Lipinski definition) is 2. The predicted molar refractivity (Wildman–Crippen MR) is 99.0 cm³/mol. The highest BCUT2D eigenvalue weighted by Crippen LogP contribution is 2.26. The molecule has 0 amide bonds. The maximum absolute atomic E-state index is 11.8. The second kappa shape index (κ2) is 9.77. The average Bonchev–Trinajstić information content (AvgIpc) is 2.91. The topological polar surface area (TPSA) is 105 Å². The van der Waals surface area contributed by atoms with Crippen molar-refractivity contribution in [2.24, 2.45) is 0 Å². The Hall–Kier alpha value is -2.81. The lowest BCUT2D eigenvalue weighted by Crippen LogP contribution is -3.14. The van der Waals surface area contributed by atoms with E-state index >= 15 is 0 Å². The molecule has 27 heavy (non-hydrogen) atoms. The first-order valence-electron chi connectivity index (χ1n) is 9.08. The fourth-order valence-electron chi connectivity index (χ4n) is 3.10. The monoisotopic (exact) mass is 372 g/mol. The van der Waals surface area contributed by atoms with Gasteiger partial charge < -0.3 is 24.3 Å². The molecule has 2 rings (SSSR count). The molecule has 0 spiro atoms. The molecule has 0 saturated carbocycles. The van der Waals surface area contributed by atoms with Crippen molar-refractivity contribution in [1.82, 2.24) is 4.57 Å². The van der Waals surface area contributed by atoms with Crippen LogP contribution in [0.1, 0.15) is 23.7 Å². The number of rotatable bonds is 7. The van der Waals surface area contributed by atoms with Gasteiger partial charge in [0.2, 0.25) is 0 Å². The Labute approximate surface area is 159 Å². The lowest BCUT2D eigenvalue weighted by Gasteiger charge is -2.24. The van der Waals surface area contributed by atoms with Crippen LogP contribution in [0, 0.1) is 36.5 Å². The van der Waals surface area contributed by atoms with E-state index in [0.29, 0.717) is 11.4 Å². The van der Waals surface area contributed by atoms with Gasteiger partial charge in [-0.1, -0.05) is 0 Å². The summed E-state index contributed by atoms with van der Waals surface area (Å²) >= 11 is 0. The molecule has 0 bridgehead atoms. The Morgan fingerprint density at radius 1 is 1.37 bits per heavy atom. The van der Waals surface area contributed by atoms with Gasteiger partial charge in [-0.15, -0.1) is 0 Å². The van der Waals surface area contributed by atoms with Crippen LogP contribution in [0.15, 0.2) is 11.8 Å². The van der Waals surface area contributed by atoms with Crippen LogP contribution in [0.4, 0.5) is 5.82 Å². The Bertz CT molecular complexity index is 792. The standard InChI is InChI=1S/C19H25N5O3/c1-4-27-19(25)16(11-20)13-22-18-17(12-21)14(2)15(3)24(18)6-5-23-7-9-26-10-8-23/h13,22H,4-10H2,1-3H3/p+1/b16-13+. The van der Waals surface area contributed by atoms with Crippen molar-refractivity contribution < 1.29 is 19.2 Å². The van der Waals surface area contributed by atoms with Crippen LogP contribution in [0.3, 0.4) is 0 Å². The van der Waals surface area contributed by atoms with Gasteiger partial charge in [-0.2, -0.15) is 10.5 Å². The number of nitrogens with zero attached hydrogens (tertiary/aromatic N) is 3. The van der Waals surface area contributed by atoms with Gasteiger partial charge in [-0.05, 0) is 26.3 Å². The maximum Gasteiger partial charge on any atom is 0.350 e. The van der Waals surface area contributed by atoms with E-state index < -0.39 is 5.97 Å². The molecule has 1 saturated heterocycles. The summed E-state index contributed by atoms with van der Waals surface area (Å²) in [6.45, 7) is 10.8.